The Bertz CT molecular complexity index is 1760. The molecule has 8 nitrogen and oxygen atoms in total. The molecule has 4 fully saturated rings. The monoisotopic (exact) mass is 591 g/mol. The molecule has 1 N–H and O–H groups in total. The van der Waals surface area contributed by atoms with Gasteiger partial charge in [0.05, 0.1) is 36.2 Å². The fourth-order valence-corrected chi connectivity index (χ4v) is 7.83. The van der Waals surface area contributed by atoms with Crippen molar-refractivity contribution in [2.75, 3.05) is 37.8 Å². The summed E-state index contributed by atoms with van der Waals surface area (Å²) in [4.78, 5) is 18.1. The van der Waals surface area contributed by atoms with Gasteiger partial charge in [0.2, 0.25) is 0 Å². The number of morpholine rings is 1. The molecule has 4 aromatic rings. The lowest BCUT2D eigenvalue weighted by molar-refractivity contribution is 0.00977. The summed E-state index contributed by atoms with van der Waals surface area (Å²) in [7, 11) is 0. The summed E-state index contributed by atoms with van der Waals surface area (Å²) >= 11 is 0. The van der Waals surface area contributed by atoms with Gasteiger partial charge < -0.3 is 19.5 Å². The lowest BCUT2D eigenvalue weighted by Gasteiger charge is -2.53. The topological polar surface area (TPSA) is 83.8 Å². The minimum Gasteiger partial charge on any atom is -0.508 e. The molecule has 0 saturated carbocycles. The van der Waals surface area contributed by atoms with Crippen molar-refractivity contribution in [3.8, 4) is 23.0 Å². The molecule has 6 heterocycles. The van der Waals surface area contributed by atoms with Crippen molar-refractivity contribution < 1.29 is 27.8 Å². The molecule has 4 aliphatic rings. The Balaban J connectivity index is 1.28. The first-order chi connectivity index (χ1) is 20.8. The number of anilines is 1. The van der Waals surface area contributed by atoms with Crippen LogP contribution in [0.3, 0.4) is 0 Å². The Morgan fingerprint density at radius 3 is 2.79 bits per heavy atom. The molecule has 2 aromatic carbocycles. The SMILES string of the molecule is CCc1c(F)ccc2cc(O)cc(-c3ncc4c(N5C6COCC5C6)nc(OC[C@@]56CCCN5C[C@H](F)C6)nc4c3F)c12. The lowest BCUT2D eigenvalue weighted by atomic mass is 9.91. The van der Waals surface area contributed by atoms with Crippen LogP contribution in [0.2, 0.25) is 0 Å². The number of aryl methyl sites for hydroxylation is 1. The molecule has 0 aliphatic carbocycles. The fraction of sp³-hybridized carbons (Fsp3) is 0.469. The standard InChI is InChI=1S/C32H32F3N5O3/c1-2-22-25(34)5-4-17-8-21(41)10-23(26(17)22)28-27(35)29-24(12-36-28)30(40-19-9-20(40)15-42-14-19)38-31(37-29)43-16-32-6-3-7-39(32)13-18(33)11-32/h4-5,8,10,12,18-20,41H,2-3,6-7,9,11,13-16H2,1H3/t18-,19?,20?,32+/m1/s1. The average Bonchev–Trinajstić information content (AvgIpc) is 3.52. The number of aromatic nitrogens is 3. The molecule has 4 saturated heterocycles. The molecule has 2 aromatic heterocycles. The van der Waals surface area contributed by atoms with Gasteiger partial charge in [-0.15, -0.1) is 0 Å². The number of nitrogens with zero attached hydrogens (tertiary/aromatic N) is 5. The Morgan fingerprint density at radius 2 is 2.00 bits per heavy atom. The summed E-state index contributed by atoms with van der Waals surface area (Å²) in [5.74, 6) is -0.672. The zero-order valence-corrected chi connectivity index (χ0v) is 23.8. The van der Waals surface area contributed by atoms with E-state index in [4.69, 9.17) is 14.5 Å². The van der Waals surface area contributed by atoms with Gasteiger partial charge in [0.15, 0.2) is 5.82 Å². The Morgan fingerprint density at radius 1 is 1.16 bits per heavy atom. The van der Waals surface area contributed by atoms with Crippen molar-refractivity contribution in [1.82, 2.24) is 19.9 Å². The molecule has 8 rings (SSSR count). The van der Waals surface area contributed by atoms with E-state index in [9.17, 15) is 13.9 Å². The van der Waals surface area contributed by atoms with Crippen molar-refractivity contribution >= 4 is 27.5 Å². The predicted molar refractivity (Wildman–Crippen MR) is 155 cm³/mol. The van der Waals surface area contributed by atoms with E-state index in [1.54, 1.807) is 12.3 Å². The van der Waals surface area contributed by atoms with E-state index in [2.05, 4.69) is 19.8 Å². The number of hydrogen-bond donors (Lipinski definition) is 1. The van der Waals surface area contributed by atoms with Gasteiger partial charge in [-0.2, -0.15) is 9.97 Å². The van der Waals surface area contributed by atoms with Gasteiger partial charge in [-0.05, 0) is 66.8 Å². The van der Waals surface area contributed by atoms with Crippen LogP contribution in [0.15, 0.2) is 30.5 Å². The number of halogens is 3. The maximum absolute atomic E-state index is 16.7. The number of aromatic hydroxyl groups is 1. The number of fused-ring (bicyclic) bond motifs is 5. The van der Waals surface area contributed by atoms with Gasteiger partial charge in [-0.1, -0.05) is 13.0 Å². The van der Waals surface area contributed by atoms with Gasteiger partial charge in [0.1, 0.15) is 41.4 Å². The highest BCUT2D eigenvalue weighted by atomic mass is 19.1. The maximum Gasteiger partial charge on any atom is 0.319 e. The first-order valence-corrected chi connectivity index (χ1v) is 15.0. The van der Waals surface area contributed by atoms with E-state index < -0.39 is 23.3 Å². The van der Waals surface area contributed by atoms with E-state index in [-0.39, 0.29) is 47.2 Å². The van der Waals surface area contributed by atoms with Crippen molar-refractivity contribution in [3.63, 3.8) is 0 Å². The molecular weight excluding hydrogens is 559 g/mol. The molecule has 0 spiro atoms. The quantitative estimate of drug-likeness (QED) is 0.323. The van der Waals surface area contributed by atoms with Crippen LogP contribution in [0.4, 0.5) is 19.0 Å². The lowest BCUT2D eigenvalue weighted by Crippen LogP contribution is -2.64. The first-order valence-electron chi connectivity index (χ1n) is 15.0. The molecular formula is C32H32F3N5O3. The second-order valence-electron chi connectivity index (χ2n) is 12.3. The summed E-state index contributed by atoms with van der Waals surface area (Å²) in [6.45, 7) is 4.35. The van der Waals surface area contributed by atoms with Gasteiger partial charge in [0.25, 0.3) is 0 Å². The van der Waals surface area contributed by atoms with Crippen molar-refractivity contribution in [2.24, 2.45) is 0 Å². The normalized spacial score (nSPS) is 26.7. The van der Waals surface area contributed by atoms with Crippen molar-refractivity contribution in [2.45, 2.75) is 62.8 Å². The fourth-order valence-electron chi connectivity index (χ4n) is 7.83. The smallest absolute Gasteiger partial charge is 0.319 e. The molecule has 2 unspecified atom stereocenters. The Labute approximate surface area is 246 Å². The summed E-state index contributed by atoms with van der Waals surface area (Å²) in [5, 5.41) is 12.0. The number of alkyl halides is 1. The van der Waals surface area contributed by atoms with Crippen LogP contribution in [0, 0.1) is 11.6 Å². The number of ether oxygens (including phenoxy) is 2. The molecule has 43 heavy (non-hydrogen) atoms. The molecule has 224 valence electrons. The number of phenols is 1. The van der Waals surface area contributed by atoms with Crippen LogP contribution in [0.1, 0.15) is 38.2 Å². The minimum absolute atomic E-state index is 0.0223. The third kappa shape index (κ3) is 4.15. The van der Waals surface area contributed by atoms with E-state index in [1.807, 2.05) is 6.92 Å². The highest BCUT2D eigenvalue weighted by Gasteiger charge is 2.50. The van der Waals surface area contributed by atoms with Crippen LogP contribution in [0.25, 0.3) is 32.9 Å². The second kappa shape index (κ2) is 9.92. The minimum atomic E-state index is -0.904. The third-order valence-electron chi connectivity index (χ3n) is 9.83. The zero-order valence-electron chi connectivity index (χ0n) is 23.8. The van der Waals surface area contributed by atoms with Crippen LogP contribution >= 0.6 is 0 Å². The van der Waals surface area contributed by atoms with Crippen LogP contribution in [-0.2, 0) is 11.2 Å². The van der Waals surface area contributed by atoms with Gasteiger partial charge >= 0.3 is 6.01 Å². The van der Waals surface area contributed by atoms with E-state index >= 15 is 4.39 Å². The predicted octanol–water partition coefficient (Wildman–Crippen LogP) is 5.32. The molecule has 0 radical (unpaired) electrons. The van der Waals surface area contributed by atoms with Crippen LogP contribution < -0.4 is 9.64 Å². The number of phenolic OH excluding ortho intramolecular Hbond substituents is 1. The highest BCUT2D eigenvalue weighted by molar-refractivity contribution is 6.01. The van der Waals surface area contributed by atoms with Gasteiger partial charge in [-0.25, -0.2) is 13.2 Å². The Hall–Kier alpha value is -3.70. The number of pyridine rings is 1. The van der Waals surface area contributed by atoms with Gasteiger partial charge in [-0.3, -0.25) is 9.88 Å². The van der Waals surface area contributed by atoms with E-state index in [1.165, 1.54) is 18.2 Å². The summed E-state index contributed by atoms with van der Waals surface area (Å²) in [6.07, 6.45) is 4.16. The van der Waals surface area contributed by atoms with Crippen LogP contribution in [0.5, 0.6) is 11.8 Å². The first kappa shape index (κ1) is 26.9. The largest absolute Gasteiger partial charge is 0.508 e. The van der Waals surface area contributed by atoms with Crippen LogP contribution in [-0.4, -0.2) is 81.7 Å². The molecule has 4 aliphatic heterocycles. The van der Waals surface area contributed by atoms with Crippen molar-refractivity contribution in [3.05, 3.63) is 47.7 Å². The molecule has 4 atom stereocenters. The third-order valence-corrected chi connectivity index (χ3v) is 9.83. The molecule has 11 heteroatoms. The van der Waals surface area contributed by atoms with E-state index in [0.29, 0.717) is 60.1 Å². The number of hydrogen-bond acceptors (Lipinski definition) is 8. The number of rotatable bonds is 6. The average molecular weight is 592 g/mol. The zero-order chi connectivity index (χ0) is 29.5. The van der Waals surface area contributed by atoms with Crippen molar-refractivity contribution in [1.29, 1.82) is 0 Å². The Kier molecular flexibility index (Phi) is 6.20. The van der Waals surface area contributed by atoms with Gasteiger partial charge in [0, 0.05) is 24.7 Å². The maximum atomic E-state index is 16.7. The second-order valence-corrected chi connectivity index (χ2v) is 12.3. The summed E-state index contributed by atoms with van der Waals surface area (Å²) in [5.41, 5.74) is 0.258. The summed E-state index contributed by atoms with van der Waals surface area (Å²) in [6, 6.07) is 6.09. The highest BCUT2D eigenvalue weighted by Crippen LogP contribution is 2.43. The number of benzene rings is 2. The molecule has 2 bridgehead atoms. The van der Waals surface area contributed by atoms with E-state index in [0.717, 1.165) is 25.8 Å². The summed E-state index contributed by atoms with van der Waals surface area (Å²) < 4.78 is 57.9. The molecule has 0 amide bonds.